The number of carbonyl (C=O) groups is 1. The molecule has 0 unspecified atom stereocenters. The summed E-state index contributed by atoms with van der Waals surface area (Å²) < 4.78 is 47.1. The molecular formula is C34H43ClN2O6S. The summed E-state index contributed by atoms with van der Waals surface area (Å²) in [4.78, 5) is 15.9. The lowest BCUT2D eigenvalue weighted by Crippen LogP contribution is -2.49. The number of halogens is 1. The first-order chi connectivity index (χ1) is 21.1. The Labute approximate surface area is 266 Å². The molecule has 2 heterocycles. The maximum Gasteiger partial charge on any atom is 0.264 e. The van der Waals surface area contributed by atoms with Crippen LogP contribution in [0.2, 0.25) is 5.02 Å². The van der Waals surface area contributed by atoms with Crippen LogP contribution in [-0.2, 0) is 31.3 Å². The summed E-state index contributed by atoms with van der Waals surface area (Å²) in [5.74, 6) is 0.722. The number of amides is 1. The van der Waals surface area contributed by atoms with E-state index >= 15 is 0 Å². The van der Waals surface area contributed by atoms with E-state index in [9.17, 15) is 13.2 Å². The lowest BCUT2D eigenvalue weighted by Gasteiger charge is -2.46. The van der Waals surface area contributed by atoms with Crippen LogP contribution in [0.25, 0.3) is 0 Å². The molecule has 0 radical (unpaired) electrons. The summed E-state index contributed by atoms with van der Waals surface area (Å²) in [5.41, 5.74) is 3.40. The number of ether oxygens (including phenoxy) is 3. The monoisotopic (exact) mass is 642 g/mol. The third kappa shape index (κ3) is 6.13. The molecule has 238 valence electrons. The van der Waals surface area contributed by atoms with E-state index in [1.165, 1.54) is 18.2 Å². The van der Waals surface area contributed by atoms with E-state index in [4.69, 9.17) is 25.8 Å². The minimum absolute atomic E-state index is 0.0141. The van der Waals surface area contributed by atoms with Crippen molar-refractivity contribution in [2.75, 3.05) is 45.4 Å². The van der Waals surface area contributed by atoms with Crippen LogP contribution in [-0.4, -0.2) is 66.2 Å². The molecule has 1 N–H and O–H groups in total. The third-order valence-electron chi connectivity index (χ3n) is 10.2. The first kappa shape index (κ1) is 31.4. The van der Waals surface area contributed by atoms with Gasteiger partial charge in [-0.2, -0.15) is 0 Å². The first-order valence-electron chi connectivity index (χ1n) is 15.7. The molecule has 2 aliphatic heterocycles. The van der Waals surface area contributed by atoms with Crippen LogP contribution in [0.5, 0.6) is 5.75 Å². The van der Waals surface area contributed by atoms with Crippen molar-refractivity contribution in [3.63, 3.8) is 0 Å². The van der Waals surface area contributed by atoms with Gasteiger partial charge in [0, 0.05) is 43.3 Å². The van der Waals surface area contributed by atoms with E-state index in [2.05, 4.69) is 33.9 Å². The molecule has 1 fully saturated rings. The van der Waals surface area contributed by atoms with Gasteiger partial charge in [0.1, 0.15) is 11.0 Å². The average molecular weight is 643 g/mol. The molecule has 0 saturated heterocycles. The molecule has 1 spiro atoms. The molecule has 1 saturated carbocycles. The molecule has 1 amide bonds. The van der Waals surface area contributed by atoms with Crippen molar-refractivity contribution in [1.29, 1.82) is 0 Å². The highest BCUT2D eigenvalue weighted by molar-refractivity contribution is 7.90. The molecule has 10 heteroatoms. The fraction of sp³-hybridized carbons (Fsp3) is 0.559. The van der Waals surface area contributed by atoms with Crippen molar-refractivity contribution in [3.05, 3.63) is 70.3 Å². The number of anilines is 1. The molecule has 44 heavy (non-hydrogen) atoms. The van der Waals surface area contributed by atoms with Gasteiger partial charge in [-0.1, -0.05) is 36.7 Å². The Balaban J connectivity index is 1.43. The highest BCUT2D eigenvalue weighted by Gasteiger charge is 2.44. The number of hydrogen-bond donors (Lipinski definition) is 1. The van der Waals surface area contributed by atoms with Crippen LogP contribution >= 0.6 is 11.6 Å². The maximum atomic E-state index is 13.5. The van der Waals surface area contributed by atoms with Gasteiger partial charge in [-0.3, -0.25) is 4.79 Å². The quantitative estimate of drug-likeness (QED) is 0.441. The van der Waals surface area contributed by atoms with Gasteiger partial charge in [-0.05, 0) is 97.7 Å². The van der Waals surface area contributed by atoms with Crippen LogP contribution in [0, 0.1) is 17.8 Å². The van der Waals surface area contributed by atoms with E-state index in [1.54, 1.807) is 19.2 Å². The van der Waals surface area contributed by atoms with E-state index in [-0.39, 0.29) is 29.6 Å². The highest BCUT2D eigenvalue weighted by Crippen LogP contribution is 2.47. The van der Waals surface area contributed by atoms with Crippen molar-refractivity contribution in [1.82, 2.24) is 4.72 Å². The van der Waals surface area contributed by atoms with Crippen LogP contribution in [0.4, 0.5) is 5.69 Å². The largest absolute Gasteiger partial charge is 0.490 e. The van der Waals surface area contributed by atoms with Crippen molar-refractivity contribution in [2.45, 2.75) is 62.2 Å². The number of allylic oxidation sites excluding steroid dienone is 1. The Hall–Kier alpha value is -2.59. The van der Waals surface area contributed by atoms with Crippen LogP contribution in [0.1, 0.15) is 60.5 Å². The lowest BCUT2D eigenvalue weighted by molar-refractivity contribution is 0.0130. The molecule has 2 aromatic rings. The third-order valence-corrected chi connectivity index (χ3v) is 12.1. The Kier molecular flexibility index (Phi) is 9.03. The number of nitrogens with zero attached hydrogens (tertiary/aromatic N) is 1. The second-order valence-electron chi connectivity index (χ2n) is 13.1. The van der Waals surface area contributed by atoms with Gasteiger partial charge in [0.25, 0.3) is 5.91 Å². The molecule has 0 aromatic heterocycles. The normalized spacial score (nSPS) is 32.3. The number of methoxy groups -OCH3 is 2. The maximum absolute atomic E-state index is 13.5. The Morgan fingerprint density at radius 2 is 1.98 bits per heavy atom. The van der Waals surface area contributed by atoms with E-state index < -0.39 is 21.2 Å². The molecule has 2 bridgehead atoms. The minimum atomic E-state index is -4.02. The summed E-state index contributed by atoms with van der Waals surface area (Å²) in [6.07, 6.45) is 9.56. The Morgan fingerprint density at radius 3 is 2.73 bits per heavy atom. The molecule has 2 aliphatic carbocycles. The topological polar surface area (TPSA) is 94.2 Å². The second kappa shape index (κ2) is 12.7. The van der Waals surface area contributed by atoms with Gasteiger partial charge < -0.3 is 19.1 Å². The number of nitrogens with one attached hydrogen (secondary N) is 1. The summed E-state index contributed by atoms with van der Waals surface area (Å²) in [7, 11) is -0.792. The molecule has 6 atom stereocenters. The standard InChI is InChI=1S/C34H43ClN2O6S/c1-22-6-12-31(42-3)28-10-7-25(28)18-37-20-34(14-4-5-23-16-26(35)9-11-29(23)34)21-43-32-13-8-24(17-30(32)37)33(38)36-44(39,40)27(15-22)19-41-2/h6,8-9,11-13,16-17,22,25,27-28,31H,4-5,7,10,14-15,18-21H2,1-3H3,(H,36,38)/b12-6+/t22-,25-,27-,28+,31-,34-/m0/s1. The molecule has 2 aromatic carbocycles. The zero-order chi connectivity index (χ0) is 31.1. The van der Waals surface area contributed by atoms with Crippen molar-refractivity contribution >= 4 is 33.2 Å². The predicted molar refractivity (Wildman–Crippen MR) is 172 cm³/mol. The Morgan fingerprint density at radius 1 is 1.14 bits per heavy atom. The summed E-state index contributed by atoms with van der Waals surface area (Å²) in [6.45, 7) is 4.00. The van der Waals surface area contributed by atoms with Crippen LogP contribution < -0.4 is 14.4 Å². The zero-order valence-corrected chi connectivity index (χ0v) is 27.3. The second-order valence-corrected chi connectivity index (χ2v) is 15.5. The van der Waals surface area contributed by atoms with Crippen molar-refractivity contribution in [2.24, 2.45) is 17.8 Å². The number of carbonyl (C=O) groups excluding carboxylic acids is 1. The van der Waals surface area contributed by atoms with Gasteiger partial charge in [-0.15, -0.1) is 0 Å². The van der Waals surface area contributed by atoms with Gasteiger partial charge in [0.05, 0.1) is 25.0 Å². The number of rotatable bonds is 3. The van der Waals surface area contributed by atoms with E-state index in [1.807, 2.05) is 19.1 Å². The fourth-order valence-electron chi connectivity index (χ4n) is 7.72. The lowest BCUT2D eigenvalue weighted by atomic mass is 9.68. The number of sulfonamides is 1. The highest BCUT2D eigenvalue weighted by atomic mass is 35.5. The minimum Gasteiger partial charge on any atom is -0.490 e. The predicted octanol–water partition coefficient (Wildman–Crippen LogP) is 5.52. The van der Waals surface area contributed by atoms with Crippen LogP contribution in [0.15, 0.2) is 48.6 Å². The zero-order valence-electron chi connectivity index (χ0n) is 25.8. The Bertz CT molecular complexity index is 1530. The molecule has 6 rings (SSSR count). The van der Waals surface area contributed by atoms with Gasteiger partial charge in [0.15, 0.2) is 0 Å². The average Bonchev–Trinajstić information content (AvgIpc) is 3.13. The summed E-state index contributed by atoms with van der Waals surface area (Å²) >= 11 is 6.41. The van der Waals surface area contributed by atoms with Crippen molar-refractivity contribution in [3.8, 4) is 5.75 Å². The van der Waals surface area contributed by atoms with Gasteiger partial charge in [-0.25, -0.2) is 13.1 Å². The number of hydrogen-bond acceptors (Lipinski definition) is 7. The van der Waals surface area contributed by atoms with Crippen LogP contribution in [0.3, 0.4) is 0 Å². The summed E-state index contributed by atoms with van der Waals surface area (Å²) in [5, 5.41) is -0.144. The fourth-order valence-corrected chi connectivity index (χ4v) is 9.33. The number of fused-ring (bicyclic) bond motifs is 4. The molecule has 4 aliphatic rings. The van der Waals surface area contributed by atoms with Gasteiger partial charge in [0.2, 0.25) is 10.0 Å². The van der Waals surface area contributed by atoms with E-state index in [0.29, 0.717) is 30.6 Å². The SMILES string of the molecule is COC[C@@H]1C[C@@H](C)/C=C/[C@H](OC)[C@@H]2CC[C@H]2CN2C[C@@]3(CCCc4cc(Cl)ccc43)COc3ccc(cc32)C(=O)NS1(=O)=O. The first-order valence-corrected chi connectivity index (χ1v) is 17.6. The van der Waals surface area contributed by atoms with Gasteiger partial charge >= 0.3 is 0 Å². The smallest absolute Gasteiger partial charge is 0.264 e. The summed E-state index contributed by atoms with van der Waals surface area (Å²) in [6, 6.07) is 11.5. The molecule has 8 nitrogen and oxygen atoms in total. The van der Waals surface area contributed by atoms with Crippen molar-refractivity contribution < 1.29 is 27.4 Å². The number of aryl methyl sites for hydroxylation is 1. The van der Waals surface area contributed by atoms with E-state index in [0.717, 1.165) is 55.9 Å². The molecular weight excluding hydrogens is 600 g/mol. The number of benzene rings is 2.